The first-order chi connectivity index (χ1) is 10.5. The summed E-state index contributed by atoms with van der Waals surface area (Å²) in [6.07, 6.45) is 1.73. The Bertz CT molecular complexity index is 594. The molecule has 1 heterocycles. The van der Waals surface area contributed by atoms with Crippen LogP contribution in [0, 0.1) is 13.8 Å². The van der Waals surface area contributed by atoms with E-state index < -0.39 is 0 Å². The molecule has 22 heavy (non-hydrogen) atoms. The minimum atomic E-state index is -0.216. The fourth-order valence-corrected chi connectivity index (χ4v) is 2.75. The van der Waals surface area contributed by atoms with Gasteiger partial charge in [-0.2, -0.15) is 0 Å². The average molecular weight is 319 g/mol. The van der Waals surface area contributed by atoms with Gasteiger partial charge >= 0.3 is 6.03 Å². The van der Waals surface area contributed by atoms with Crippen molar-refractivity contribution in [1.82, 2.24) is 15.6 Å². The fraction of sp³-hybridized carbons (Fsp3) is 0.375. The molecule has 118 valence electrons. The van der Waals surface area contributed by atoms with Crippen LogP contribution in [0.1, 0.15) is 29.1 Å². The van der Waals surface area contributed by atoms with Crippen molar-refractivity contribution >= 4 is 17.4 Å². The van der Waals surface area contributed by atoms with Gasteiger partial charge in [-0.25, -0.2) is 9.78 Å². The molecule has 0 saturated heterocycles. The highest BCUT2D eigenvalue weighted by Gasteiger charge is 2.10. The number of rotatable bonds is 6. The molecule has 1 aromatic carbocycles. The van der Waals surface area contributed by atoms with Gasteiger partial charge in [-0.1, -0.05) is 6.07 Å². The Balaban J connectivity index is 1.69. The Morgan fingerprint density at radius 3 is 2.68 bits per heavy atom. The number of nitrogens with zero attached hydrogens (tertiary/aromatic N) is 1. The topological polar surface area (TPSA) is 63.2 Å². The quantitative estimate of drug-likeness (QED) is 0.804. The molecule has 1 atom stereocenters. The maximum Gasteiger partial charge on any atom is 0.315 e. The van der Waals surface area contributed by atoms with Gasteiger partial charge < -0.3 is 15.4 Å². The summed E-state index contributed by atoms with van der Waals surface area (Å²) in [4.78, 5) is 15.9. The second-order valence-electron chi connectivity index (χ2n) is 5.16. The monoisotopic (exact) mass is 319 g/mol. The number of aryl methyl sites for hydroxylation is 2. The lowest BCUT2D eigenvalue weighted by molar-refractivity contribution is 0.233. The van der Waals surface area contributed by atoms with E-state index in [0.29, 0.717) is 13.2 Å². The summed E-state index contributed by atoms with van der Waals surface area (Å²) >= 11 is 1.52. The van der Waals surface area contributed by atoms with Crippen LogP contribution >= 0.6 is 11.3 Å². The van der Waals surface area contributed by atoms with Gasteiger partial charge in [0, 0.05) is 11.6 Å². The second kappa shape index (κ2) is 7.79. The molecule has 2 rings (SSSR count). The predicted molar refractivity (Wildman–Crippen MR) is 88.5 cm³/mol. The highest BCUT2D eigenvalue weighted by molar-refractivity contribution is 7.09. The van der Waals surface area contributed by atoms with E-state index in [1.807, 2.05) is 38.3 Å². The first-order valence-corrected chi connectivity index (χ1v) is 8.07. The summed E-state index contributed by atoms with van der Waals surface area (Å²) in [5.74, 6) is 0.830. The molecule has 0 aliphatic heterocycles. The maximum atomic E-state index is 11.8. The molecular weight excluding hydrogens is 298 g/mol. The van der Waals surface area contributed by atoms with Crippen molar-refractivity contribution in [3.05, 3.63) is 45.9 Å². The van der Waals surface area contributed by atoms with Gasteiger partial charge in [0.2, 0.25) is 0 Å². The molecule has 0 radical (unpaired) electrons. The number of carbonyl (C=O) groups is 1. The number of carbonyl (C=O) groups excluding carboxylic acids is 1. The first kappa shape index (κ1) is 16.3. The van der Waals surface area contributed by atoms with Gasteiger partial charge in [0.15, 0.2) is 0 Å². The van der Waals surface area contributed by atoms with E-state index in [4.69, 9.17) is 4.74 Å². The van der Waals surface area contributed by atoms with E-state index in [9.17, 15) is 4.79 Å². The number of aromatic nitrogens is 1. The molecule has 0 saturated carbocycles. The summed E-state index contributed by atoms with van der Waals surface area (Å²) < 4.78 is 5.64. The number of thiazole rings is 1. The first-order valence-electron chi connectivity index (χ1n) is 7.19. The summed E-state index contributed by atoms with van der Waals surface area (Å²) in [5, 5.41) is 8.40. The van der Waals surface area contributed by atoms with Crippen molar-refractivity contribution in [2.45, 2.75) is 26.8 Å². The van der Waals surface area contributed by atoms with Gasteiger partial charge in [0.25, 0.3) is 0 Å². The summed E-state index contributed by atoms with van der Waals surface area (Å²) in [5.41, 5.74) is 2.33. The van der Waals surface area contributed by atoms with Crippen molar-refractivity contribution < 1.29 is 9.53 Å². The molecule has 2 N–H and O–H groups in total. The van der Waals surface area contributed by atoms with Crippen LogP contribution in [-0.4, -0.2) is 24.2 Å². The van der Waals surface area contributed by atoms with Gasteiger partial charge in [0.05, 0.1) is 12.6 Å². The number of hydrogen-bond acceptors (Lipinski definition) is 4. The second-order valence-corrected chi connectivity index (χ2v) is 6.09. The average Bonchev–Trinajstić information content (AvgIpc) is 2.96. The molecule has 5 nitrogen and oxygen atoms in total. The lowest BCUT2D eigenvalue weighted by Gasteiger charge is -2.13. The SMILES string of the molecule is Cc1cc(C)cc(OCCNC(=O)N[C@H](C)c2nccs2)c1. The highest BCUT2D eigenvalue weighted by Crippen LogP contribution is 2.16. The van der Waals surface area contributed by atoms with Crippen molar-refractivity contribution in [1.29, 1.82) is 0 Å². The van der Waals surface area contributed by atoms with Gasteiger partial charge in [-0.05, 0) is 44.0 Å². The molecule has 0 aliphatic carbocycles. The summed E-state index contributed by atoms with van der Waals surface area (Å²) in [6, 6.07) is 5.75. The number of benzene rings is 1. The fourth-order valence-electron chi connectivity index (χ4n) is 2.11. The largest absolute Gasteiger partial charge is 0.492 e. The number of hydrogen-bond donors (Lipinski definition) is 2. The molecule has 2 amide bonds. The standard InChI is InChI=1S/C16H21N3O2S/c1-11-8-12(2)10-14(9-11)21-6-4-18-16(20)19-13(3)15-17-5-7-22-15/h5,7-10,13H,4,6H2,1-3H3,(H2,18,19,20)/t13-/m1/s1. The van der Waals surface area contributed by atoms with E-state index in [0.717, 1.165) is 21.9 Å². The van der Waals surface area contributed by atoms with E-state index in [1.165, 1.54) is 11.3 Å². The number of nitrogens with one attached hydrogen (secondary N) is 2. The third kappa shape index (κ3) is 5.04. The zero-order valence-corrected chi connectivity index (χ0v) is 13.9. The van der Waals surface area contributed by atoms with Crippen LogP contribution in [-0.2, 0) is 0 Å². The van der Waals surface area contributed by atoms with Gasteiger partial charge in [-0.15, -0.1) is 11.3 Å². The Labute approximate surface area is 134 Å². The highest BCUT2D eigenvalue weighted by atomic mass is 32.1. The molecule has 1 aromatic heterocycles. The number of urea groups is 1. The third-order valence-corrected chi connectivity index (χ3v) is 3.98. The molecule has 6 heteroatoms. The van der Waals surface area contributed by atoms with Gasteiger partial charge in [0.1, 0.15) is 17.4 Å². The lowest BCUT2D eigenvalue weighted by atomic mass is 10.1. The Morgan fingerprint density at radius 2 is 2.05 bits per heavy atom. The van der Waals surface area contributed by atoms with E-state index in [1.54, 1.807) is 6.20 Å². The zero-order valence-electron chi connectivity index (χ0n) is 13.1. The molecule has 0 spiro atoms. The van der Waals surface area contributed by atoms with E-state index >= 15 is 0 Å². The van der Waals surface area contributed by atoms with Crippen LogP contribution in [0.3, 0.4) is 0 Å². The number of amides is 2. The normalized spacial score (nSPS) is 11.8. The van der Waals surface area contributed by atoms with Crippen LogP contribution in [0.5, 0.6) is 5.75 Å². The Hall–Kier alpha value is -2.08. The summed E-state index contributed by atoms with van der Waals surface area (Å²) in [6.45, 7) is 6.85. The molecule has 0 unspecified atom stereocenters. The predicted octanol–water partition coefficient (Wildman–Crippen LogP) is 3.20. The Morgan fingerprint density at radius 1 is 1.32 bits per heavy atom. The minimum Gasteiger partial charge on any atom is -0.492 e. The molecule has 0 bridgehead atoms. The van der Waals surface area contributed by atoms with Gasteiger partial charge in [-0.3, -0.25) is 0 Å². The lowest BCUT2D eigenvalue weighted by Crippen LogP contribution is -2.38. The maximum absolute atomic E-state index is 11.8. The van der Waals surface area contributed by atoms with E-state index in [2.05, 4.69) is 21.7 Å². The molecule has 0 fully saturated rings. The smallest absolute Gasteiger partial charge is 0.315 e. The van der Waals surface area contributed by atoms with Crippen LogP contribution in [0.2, 0.25) is 0 Å². The number of ether oxygens (including phenoxy) is 1. The third-order valence-electron chi connectivity index (χ3n) is 3.02. The molecule has 2 aromatic rings. The van der Waals surface area contributed by atoms with Crippen molar-refractivity contribution in [3.8, 4) is 5.75 Å². The zero-order chi connectivity index (χ0) is 15.9. The van der Waals surface area contributed by atoms with E-state index in [-0.39, 0.29) is 12.1 Å². The van der Waals surface area contributed by atoms with Crippen LogP contribution in [0.25, 0.3) is 0 Å². The van der Waals surface area contributed by atoms with Crippen molar-refractivity contribution in [2.24, 2.45) is 0 Å². The minimum absolute atomic E-state index is 0.0969. The Kier molecular flexibility index (Phi) is 5.77. The molecular formula is C16H21N3O2S. The van der Waals surface area contributed by atoms with Crippen molar-refractivity contribution in [2.75, 3.05) is 13.2 Å². The van der Waals surface area contributed by atoms with Crippen LogP contribution in [0.15, 0.2) is 29.8 Å². The van der Waals surface area contributed by atoms with Crippen molar-refractivity contribution in [3.63, 3.8) is 0 Å². The summed E-state index contributed by atoms with van der Waals surface area (Å²) in [7, 11) is 0. The van der Waals surface area contributed by atoms with Crippen LogP contribution < -0.4 is 15.4 Å². The molecule has 0 aliphatic rings. The van der Waals surface area contributed by atoms with Crippen LogP contribution in [0.4, 0.5) is 4.79 Å².